The second-order valence-electron chi connectivity index (χ2n) is 3.66. The van der Waals surface area contributed by atoms with Crippen LogP contribution in [0.25, 0.3) is 0 Å². The van der Waals surface area contributed by atoms with Gasteiger partial charge in [0.15, 0.2) is 0 Å². The molecule has 2 amide bonds. The topological polar surface area (TPSA) is 32.3 Å². The van der Waals surface area contributed by atoms with Crippen LogP contribution in [0.3, 0.4) is 0 Å². The molecule has 0 aromatic carbocycles. The van der Waals surface area contributed by atoms with Gasteiger partial charge in [-0.2, -0.15) is 0 Å². The van der Waals surface area contributed by atoms with E-state index in [4.69, 9.17) is 0 Å². The zero-order chi connectivity index (χ0) is 9.68. The van der Waals surface area contributed by atoms with Crippen molar-refractivity contribution in [3.8, 4) is 0 Å². The molecule has 1 rings (SSSR count). The normalized spacial score (nSPS) is 15.5. The fourth-order valence-electron chi connectivity index (χ4n) is 1.25. The molecule has 0 aromatic heterocycles. The third-order valence-electron chi connectivity index (χ3n) is 2.36. The molecule has 1 aliphatic carbocycles. The van der Waals surface area contributed by atoms with Crippen molar-refractivity contribution in [1.82, 2.24) is 10.2 Å². The minimum atomic E-state index is 0.124. The molecular weight excluding hydrogens is 164 g/mol. The largest absolute Gasteiger partial charge is 0.335 e. The van der Waals surface area contributed by atoms with Crippen LogP contribution >= 0.6 is 0 Å². The number of nitrogens with one attached hydrogen (secondary N) is 1. The van der Waals surface area contributed by atoms with Crippen LogP contribution in [0.15, 0.2) is 0 Å². The maximum absolute atomic E-state index is 11.5. The van der Waals surface area contributed by atoms with Gasteiger partial charge in [-0.1, -0.05) is 13.3 Å². The van der Waals surface area contributed by atoms with Crippen molar-refractivity contribution in [3.63, 3.8) is 0 Å². The molecule has 1 N–H and O–H groups in total. The Morgan fingerprint density at radius 2 is 2.15 bits per heavy atom. The summed E-state index contributed by atoms with van der Waals surface area (Å²) < 4.78 is 0. The van der Waals surface area contributed by atoms with Crippen LogP contribution < -0.4 is 5.32 Å². The molecule has 13 heavy (non-hydrogen) atoms. The van der Waals surface area contributed by atoms with Crippen LogP contribution in [-0.4, -0.2) is 30.1 Å². The second-order valence-corrected chi connectivity index (χ2v) is 3.66. The minimum Gasteiger partial charge on any atom is -0.335 e. The molecule has 0 bridgehead atoms. The molecule has 0 spiro atoms. The Morgan fingerprint density at radius 3 is 2.62 bits per heavy atom. The maximum Gasteiger partial charge on any atom is 0.317 e. The molecule has 76 valence electrons. The lowest BCUT2D eigenvalue weighted by molar-refractivity contribution is 0.199. The Kier molecular flexibility index (Phi) is 4.06. The summed E-state index contributed by atoms with van der Waals surface area (Å²) in [5.74, 6) is 0. The molecule has 0 atom stereocenters. The van der Waals surface area contributed by atoms with Crippen LogP contribution in [0.1, 0.15) is 39.5 Å². The molecule has 3 heteroatoms. The molecule has 1 saturated carbocycles. The molecule has 0 aromatic rings. The number of hydrogen-bond donors (Lipinski definition) is 1. The summed E-state index contributed by atoms with van der Waals surface area (Å²) in [6, 6.07) is 0.599. The lowest BCUT2D eigenvalue weighted by atomic mass is 10.3. The molecule has 0 radical (unpaired) electrons. The van der Waals surface area contributed by atoms with Gasteiger partial charge in [-0.05, 0) is 26.2 Å². The first-order valence-corrected chi connectivity index (χ1v) is 5.33. The monoisotopic (exact) mass is 184 g/mol. The van der Waals surface area contributed by atoms with E-state index in [-0.39, 0.29) is 6.03 Å². The van der Waals surface area contributed by atoms with E-state index in [1.165, 1.54) is 0 Å². The summed E-state index contributed by atoms with van der Waals surface area (Å²) in [5, 5.41) is 3.00. The quantitative estimate of drug-likeness (QED) is 0.696. The van der Waals surface area contributed by atoms with Crippen molar-refractivity contribution in [1.29, 1.82) is 0 Å². The summed E-state index contributed by atoms with van der Waals surface area (Å²) in [6.07, 6.45) is 4.58. The number of urea groups is 1. The summed E-state index contributed by atoms with van der Waals surface area (Å²) >= 11 is 0. The number of unbranched alkanes of at least 4 members (excludes halogenated alkanes) is 1. The number of carbonyl (C=O) groups is 1. The van der Waals surface area contributed by atoms with Crippen molar-refractivity contribution in [2.45, 2.75) is 45.6 Å². The molecule has 0 saturated heterocycles. The van der Waals surface area contributed by atoms with E-state index < -0.39 is 0 Å². The molecule has 0 aliphatic heterocycles. The van der Waals surface area contributed by atoms with Crippen molar-refractivity contribution in [2.75, 3.05) is 13.1 Å². The number of rotatable bonds is 5. The molecular formula is C10H20N2O. The van der Waals surface area contributed by atoms with E-state index in [1.807, 2.05) is 11.8 Å². The summed E-state index contributed by atoms with van der Waals surface area (Å²) in [6.45, 7) is 5.89. The highest BCUT2D eigenvalue weighted by Crippen LogP contribution is 2.18. The Morgan fingerprint density at radius 1 is 1.46 bits per heavy atom. The molecule has 0 unspecified atom stereocenters. The first-order chi connectivity index (χ1) is 6.27. The van der Waals surface area contributed by atoms with E-state index in [1.54, 1.807) is 0 Å². The Hall–Kier alpha value is -0.730. The van der Waals surface area contributed by atoms with E-state index in [0.717, 1.165) is 38.8 Å². The Bertz CT molecular complexity index is 166. The molecule has 1 aliphatic rings. The van der Waals surface area contributed by atoms with Crippen LogP contribution in [-0.2, 0) is 0 Å². The fourth-order valence-corrected chi connectivity index (χ4v) is 1.25. The highest BCUT2D eigenvalue weighted by molar-refractivity contribution is 5.74. The van der Waals surface area contributed by atoms with Crippen LogP contribution in [0.4, 0.5) is 4.79 Å². The highest BCUT2D eigenvalue weighted by atomic mass is 16.2. The van der Waals surface area contributed by atoms with Gasteiger partial charge < -0.3 is 10.2 Å². The van der Waals surface area contributed by atoms with Gasteiger partial charge in [0.2, 0.25) is 0 Å². The highest BCUT2D eigenvalue weighted by Gasteiger charge is 2.24. The Balaban J connectivity index is 2.21. The van der Waals surface area contributed by atoms with Gasteiger partial charge in [-0.3, -0.25) is 0 Å². The van der Waals surface area contributed by atoms with E-state index in [2.05, 4.69) is 12.2 Å². The smallest absolute Gasteiger partial charge is 0.317 e. The maximum atomic E-state index is 11.5. The average molecular weight is 184 g/mol. The van der Waals surface area contributed by atoms with Gasteiger partial charge >= 0.3 is 6.03 Å². The van der Waals surface area contributed by atoms with Crippen LogP contribution in [0.2, 0.25) is 0 Å². The van der Waals surface area contributed by atoms with Crippen molar-refractivity contribution in [3.05, 3.63) is 0 Å². The number of hydrogen-bond acceptors (Lipinski definition) is 1. The van der Waals surface area contributed by atoms with Gasteiger partial charge in [0.25, 0.3) is 0 Å². The third-order valence-corrected chi connectivity index (χ3v) is 2.36. The minimum absolute atomic E-state index is 0.124. The summed E-state index contributed by atoms with van der Waals surface area (Å²) in [7, 11) is 0. The van der Waals surface area contributed by atoms with Crippen molar-refractivity contribution < 1.29 is 4.79 Å². The van der Waals surface area contributed by atoms with Crippen LogP contribution in [0, 0.1) is 0 Å². The second kappa shape index (κ2) is 5.10. The average Bonchev–Trinajstić information content (AvgIpc) is 2.90. The van der Waals surface area contributed by atoms with Crippen molar-refractivity contribution >= 4 is 6.03 Å². The van der Waals surface area contributed by atoms with Gasteiger partial charge in [0.05, 0.1) is 0 Å². The lowest BCUT2D eigenvalue weighted by Gasteiger charge is -2.20. The van der Waals surface area contributed by atoms with Gasteiger partial charge in [0.1, 0.15) is 0 Å². The number of nitrogens with zero attached hydrogens (tertiary/aromatic N) is 1. The fraction of sp³-hybridized carbons (Fsp3) is 0.900. The van der Waals surface area contributed by atoms with Crippen LogP contribution in [0.5, 0.6) is 0 Å². The SMILES string of the molecule is CCCCN(CC)C(=O)NC1CC1. The van der Waals surface area contributed by atoms with Gasteiger partial charge in [0, 0.05) is 19.1 Å². The van der Waals surface area contributed by atoms with Gasteiger partial charge in [-0.25, -0.2) is 4.79 Å². The van der Waals surface area contributed by atoms with E-state index in [9.17, 15) is 4.79 Å². The molecule has 1 fully saturated rings. The zero-order valence-electron chi connectivity index (χ0n) is 8.68. The van der Waals surface area contributed by atoms with Crippen molar-refractivity contribution in [2.24, 2.45) is 0 Å². The first-order valence-electron chi connectivity index (χ1n) is 5.33. The number of amides is 2. The predicted molar refractivity (Wildman–Crippen MR) is 53.7 cm³/mol. The first kappa shape index (κ1) is 10.4. The Labute approximate surface area is 80.5 Å². The standard InChI is InChI=1S/C10H20N2O/c1-3-5-8-12(4-2)10(13)11-9-6-7-9/h9H,3-8H2,1-2H3,(H,11,13). The molecule has 3 nitrogen and oxygen atoms in total. The van der Waals surface area contributed by atoms with E-state index in [0.29, 0.717) is 6.04 Å². The lowest BCUT2D eigenvalue weighted by Crippen LogP contribution is -2.41. The third kappa shape index (κ3) is 3.66. The predicted octanol–water partition coefficient (Wildman–Crippen LogP) is 1.98. The molecule has 0 heterocycles. The van der Waals surface area contributed by atoms with E-state index >= 15 is 0 Å². The summed E-state index contributed by atoms with van der Waals surface area (Å²) in [4.78, 5) is 13.4. The zero-order valence-corrected chi connectivity index (χ0v) is 8.68. The summed E-state index contributed by atoms with van der Waals surface area (Å²) in [5.41, 5.74) is 0. The van der Waals surface area contributed by atoms with Gasteiger partial charge in [-0.15, -0.1) is 0 Å². The number of carbonyl (C=O) groups excluding carboxylic acids is 1.